The number of nitrogens with one attached hydrogen (secondary N) is 1. The molecule has 1 amide bonds. The minimum atomic E-state index is -0.383. The van der Waals surface area contributed by atoms with E-state index in [9.17, 15) is 4.79 Å². The van der Waals surface area contributed by atoms with Crippen molar-refractivity contribution in [2.24, 2.45) is 5.10 Å². The molecule has 9 heteroatoms. The highest BCUT2D eigenvalue weighted by Crippen LogP contribution is 2.34. The van der Waals surface area contributed by atoms with Crippen LogP contribution in [0.2, 0.25) is 5.02 Å². The Balaban J connectivity index is 1.40. The third-order valence-electron chi connectivity index (χ3n) is 5.67. The van der Waals surface area contributed by atoms with Gasteiger partial charge in [0.25, 0.3) is 5.91 Å². The van der Waals surface area contributed by atoms with Gasteiger partial charge in [0, 0.05) is 10.6 Å². The maximum Gasteiger partial charge on any atom is 0.271 e. The monoisotopic (exact) mass is 670 g/mol. The first-order valence-corrected chi connectivity index (χ1v) is 13.9. The van der Waals surface area contributed by atoms with Crippen molar-refractivity contribution in [3.63, 3.8) is 0 Å². The number of rotatable bonds is 12. The number of hydrogen-bond acceptors (Lipinski definition) is 6. The van der Waals surface area contributed by atoms with Crippen LogP contribution in [0.3, 0.4) is 0 Å². The Kier molecular flexibility index (Phi) is 10.7. The maximum atomic E-state index is 12.7. The first-order valence-electron chi connectivity index (χ1n) is 12.5. The fourth-order valence-electron chi connectivity index (χ4n) is 3.69. The summed E-state index contributed by atoms with van der Waals surface area (Å²) in [4.78, 5) is 12.7. The quantitative estimate of drug-likeness (QED) is 0.0975. The number of carbonyl (C=O) groups is 1. The largest absolute Gasteiger partial charge is 0.493 e. The van der Waals surface area contributed by atoms with Gasteiger partial charge in [0.05, 0.1) is 23.5 Å². The molecule has 0 aliphatic heterocycles. The zero-order valence-corrected chi connectivity index (χ0v) is 24.9. The van der Waals surface area contributed by atoms with Crippen molar-refractivity contribution in [2.75, 3.05) is 13.7 Å². The lowest BCUT2D eigenvalue weighted by molar-refractivity contribution is 0.0954. The number of methoxy groups -OCH3 is 1. The second-order valence-corrected chi connectivity index (χ2v) is 10.1. The van der Waals surface area contributed by atoms with E-state index >= 15 is 0 Å². The van der Waals surface area contributed by atoms with Gasteiger partial charge in [0.15, 0.2) is 23.0 Å². The highest BCUT2D eigenvalue weighted by Gasteiger charge is 2.14. The summed E-state index contributed by atoms with van der Waals surface area (Å²) >= 11 is 8.17. The van der Waals surface area contributed by atoms with E-state index in [0.717, 1.165) is 20.3 Å². The molecular weight excluding hydrogens is 643 g/mol. The Bertz CT molecular complexity index is 1460. The molecule has 0 atom stereocenters. The van der Waals surface area contributed by atoms with Gasteiger partial charge in [-0.05, 0) is 88.7 Å². The van der Waals surface area contributed by atoms with Crippen molar-refractivity contribution in [2.45, 2.75) is 20.1 Å². The number of amides is 1. The van der Waals surface area contributed by atoms with Gasteiger partial charge in [-0.2, -0.15) is 5.10 Å². The van der Waals surface area contributed by atoms with Gasteiger partial charge in [-0.3, -0.25) is 4.79 Å². The van der Waals surface area contributed by atoms with Crippen LogP contribution in [-0.4, -0.2) is 25.8 Å². The van der Waals surface area contributed by atoms with E-state index in [0.29, 0.717) is 53.4 Å². The molecule has 0 heterocycles. The van der Waals surface area contributed by atoms with Crippen molar-refractivity contribution in [1.29, 1.82) is 0 Å². The smallest absolute Gasteiger partial charge is 0.271 e. The lowest BCUT2D eigenvalue weighted by Gasteiger charge is -2.15. The van der Waals surface area contributed by atoms with Crippen molar-refractivity contribution < 1.29 is 23.7 Å². The van der Waals surface area contributed by atoms with Gasteiger partial charge in [0.1, 0.15) is 13.2 Å². The van der Waals surface area contributed by atoms with Crippen LogP contribution in [0.15, 0.2) is 90.0 Å². The fraction of sp³-hybridized carbons (Fsp3) is 0.161. The highest BCUT2D eigenvalue weighted by atomic mass is 127. The van der Waals surface area contributed by atoms with E-state index in [1.54, 1.807) is 24.4 Å². The molecule has 0 aliphatic carbocycles. The Hall–Kier alpha value is -3.76. The number of nitrogens with zero attached hydrogens (tertiary/aromatic N) is 1. The first kappa shape index (κ1) is 29.2. The highest BCUT2D eigenvalue weighted by molar-refractivity contribution is 14.1. The topological polar surface area (TPSA) is 78.4 Å². The average Bonchev–Trinajstić information content (AvgIpc) is 2.97. The van der Waals surface area contributed by atoms with Crippen molar-refractivity contribution >= 4 is 46.3 Å². The molecule has 7 nitrogen and oxygen atoms in total. The second kappa shape index (κ2) is 14.6. The predicted molar refractivity (Wildman–Crippen MR) is 165 cm³/mol. The first-order chi connectivity index (χ1) is 19.5. The van der Waals surface area contributed by atoms with Crippen LogP contribution < -0.4 is 24.4 Å². The third kappa shape index (κ3) is 8.12. The third-order valence-corrected chi connectivity index (χ3v) is 6.72. The minimum Gasteiger partial charge on any atom is -0.493 e. The van der Waals surface area contributed by atoms with Gasteiger partial charge >= 0.3 is 0 Å². The van der Waals surface area contributed by atoms with Crippen LogP contribution in [-0.2, 0) is 13.2 Å². The zero-order chi connectivity index (χ0) is 28.3. The van der Waals surface area contributed by atoms with E-state index < -0.39 is 0 Å². The van der Waals surface area contributed by atoms with Crippen LogP contribution >= 0.6 is 34.2 Å². The van der Waals surface area contributed by atoms with E-state index in [2.05, 4.69) is 33.1 Å². The molecule has 0 spiro atoms. The van der Waals surface area contributed by atoms with Gasteiger partial charge in [-0.25, -0.2) is 5.43 Å². The summed E-state index contributed by atoms with van der Waals surface area (Å²) in [6, 6.07) is 26.0. The lowest BCUT2D eigenvalue weighted by Crippen LogP contribution is -2.17. The van der Waals surface area contributed by atoms with Gasteiger partial charge in [-0.1, -0.05) is 54.1 Å². The second-order valence-electron chi connectivity index (χ2n) is 8.52. The average molecular weight is 671 g/mol. The zero-order valence-electron chi connectivity index (χ0n) is 22.0. The summed E-state index contributed by atoms with van der Waals surface area (Å²) in [6.45, 7) is 3.14. The summed E-state index contributed by atoms with van der Waals surface area (Å²) in [5.74, 6) is 1.85. The van der Waals surface area contributed by atoms with Crippen molar-refractivity contribution in [3.05, 3.63) is 116 Å². The lowest BCUT2D eigenvalue weighted by atomic mass is 10.2. The van der Waals surface area contributed by atoms with Crippen molar-refractivity contribution in [3.8, 4) is 23.0 Å². The summed E-state index contributed by atoms with van der Waals surface area (Å²) in [5.41, 5.74) is 5.71. The van der Waals surface area contributed by atoms with Gasteiger partial charge < -0.3 is 18.9 Å². The molecule has 0 bridgehead atoms. The molecule has 0 saturated carbocycles. The molecule has 4 rings (SSSR count). The number of ether oxygens (including phenoxy) is 4. The Morgan fingerprint density at radius 2 is 1.60 bits per heavy atom. The van der Waals surface area contributed by atoms with Gasteiger partial charge in [0.2, 0.25) is 0 Å². The molecule has 206 valence electrons. The SMILES string of the molecule is CCOc1cc(/C=N/NC(=O)c2ccc(OCc3ccccc3)c(OC)c2)cc(I)c1OCc1ccc(Cl)cc1. The number of benzene rings is 4. The van der Waals surface area contributed by atoms with Crippen LogP contribution in [0.4, 0.5) is 0 Å². The fourth-order valence-corrected chi connectivity index (χ4v) is 4.60. The number of hydrogen-bond donors (Lipinski definition) is 1. The summed E-state index contributed by atoms with van der Waals surface area (Å²) < 4.78 is 24.0. The number of carbonyl (C=O) groups excluding carboxylic acids is 1. The molecule has 0 aromatic heterocycles. The van der Waals surface area contributed by atoms with E-state index in [4.69, 9.17) is 30.5 Å². The van der Waals surface area contributed by atoms with E-state index in [1.807, 2.05) is 73.7 Å². The molecule has 1 N–H and O–H groups in total. The van der Waals surface area contributed by atoms with Crippen LogP contribution in [0.1, 0.15) is 34.0 Å². The van der Waals surface area contributed by atoms with Crippen LogP contribution in [0.5, 0.6) is 23.0 Å². The van der Waals surface area contributed by atoms with Crippen LogP contribution in [0.25, 0.3) is 0 Å². The molecule has 0 radical (unpaired) electrons. The summed E-state index contributed by atoms with van der Waals surface area (Å²) in [6.07, 6.45) is 1.56. The summed E-state index contributed by atoms with van der Waals surface area (Å²) in [5, 5.41) is 4.81. The maximum absolute atomic E-state index is 12.7. The molecule has 0 unspecified atom stereocenters. The Labute approximate surface area is 252 Å². The molecule has 40 heavy (non-hydrogen) atoms. The normalized spacial score (nSPS) is 10.8. The van der Waals surface area contributed by atoms with Crippen LogP contribution in [0, 0.1) is 3.57 Å². The molecular formula is C31H28ClIN2O5. The van der Waals surface area contributed by atoms with E-state index in [-0.39, 0.29) is 5.91 Å². The predicted octanol–water partition coefficient (Wildman–Crippen LogP) is 7.27. The number of halogens is 2. The molecule has 0 aliphatic rings. The molecule has 0 fully saturated rings. The molecule has 4 aromatic rings. The summed E-state index contributed by atoms with van der Waals surface area (Å²) in [7, 11) is 1.53. The Morgan fingerprint density at radius 1 is 0.875 bits per heavy atom. The van der Waals surface area contributed by atoms with E-state index in [1.165, 1.54) is 7.11 Å². The Morgan fingerprint density at radius 3 is 2.33 bits per heavy atom. The standard InChI is InChI=1S/C31H28ClIN2O5/c1-3-38-29-16-23(15-26(33)30(29)40-20-22-9-12-25(32)13-10-22)18-34-35-31(36)24-11-14-27(28(17-24)37-2)39-19-21-7-5-4-6-8-21/h4-18H,3,19-20H2,1-2H3,(H,35,36)/b34-18+. The molecule has 4 aromatic carbocycles. The molecule has 0 saturated heterocycles. The van der Waals surface area contributed by atoms with Gasteiger partial charge in [-0.15, -0.1) is 0 Å². The number of hydrazone groups is 1. The van der Waals surface area contributed by atoms with Crippen molar-refractivity contribution in [1.82, 2.24) is 5.43 Å². The minimum absolute atomic E-state index is 0.371.